The molecule has 0 unspecified atom stereocenters. The molecule has 10 heteroatoms. The number of halogens is 5. The van der Waals surface area contributed by atoms with Crippen molar-refractivity contribution in [2.24, 2.45) is 7.05 Å². The molecular weight excluding hydrogens is 517 g/mol. The summed E-state index contributed by atoms with van der Waals surface area (Å²) < 4.78 is 79.2. The zero-order valence-corrected chi connectivity index (χ0v) is 20.9. The Morgan fingerprint density at radius 2 is 1.44 bits per heavy atom. The van der Waals surface area contributed by atoms with Crippen LogP contribution in [0.15, 0.2) is 73.1 Å². The van der Waals surface area contributed by atoms with Gasteiger partial charge in [-0.25, -0.2) is 26.9 Å². The average molecular weight is 542 g/mol. The third-order valence-electron chi connectivity index (χ3n) is 7.15. The molecule has 1 atom stereocenters. The summed E-state index contributed by atoms with van der Waals surface area (Å²) in [6.45, 7) is -0.597. The Labute approximate surface area is 221 Å². The number of aryl methyl sites for hydroxylation is 1. The molecule has 0 saturated carbocycles. The van der Waals surface area contributed by atoms with Crippen LogP contribution in [-0.4, -0.2) is 32.9 Å². The van der Waals surface area contributed by atoms with E-state index in [9.17, 15) is 26.7 Å². The molecule has 1 fully saturated rings. The molecule has 1 saturated heterocycles. The summed E-state index contributed by atoms with van der Waals surface area (Å²) in [5.74, 6) is -10.5. The molecule has 2 heterocycles. The summed E-state index contributed by atoms with van der Waals surface area (Å²) >= 11 is 0. The van der Waals surface area contributed by atoms with Crippen molar-refractivity contribution in [2.45, 2.75) is 31.1 Å². The maximum atomic E-state index is 14.7. The minimum absolute atomic E-state index is 0.191. The maximum Gasteiger partial charge on any atom is 0.290 e. The van der Waals surface area contributed by atoms with Crippen LogP contribution in [0.25, 0.3) is 0 Å². The zero-order valence-electron chi connectivity index (χ0n) is 20.9. The Bertz CT molecular complexity index is 1430. The number of aromatic nitrogens is 2. The highest BCUT2D eigenvalue weighted by molar-refractivity contribution is 5.91. The molecule has 4 aromatic rings. The van der Waals surface area contributed by atoms with E-state index < -0.39 is 52.9 Å². The zero-order chi connectivity index (χ0) is 27.7. The number of hydrogen-bond acceptors (Lipinski definition) is 3. The highest BCUT2D eigenvalue weighted by atomic mass is 19.2. The fourth-order valence-corrected chi connectivity index (χ4v) is 5.28. The van der Waals surface area contributed by atoms with Crippen LogP contribution in [0.5, 0.6) is 0 Å². The SMILES string of the molecule is Cn1ccnc1C(=O)N1CCC[C@H]1C(OCc1c(F)c(F)c(F)c(F)c1F)(c1ccccc1)c1ccccc1. The number of likely N-dealkylation sites (tertiary alicyclic amines) is 1. The van der Waals surface area contributed by atoms with Gasteiger partial charge in [0.2, 0.25) is 5.82 Å². The summed E-state index contributed by atoms with van der Waals surface area (Å²) in [6, 6.07) is 16.8. The monoisotopic (exact) mass is 541 g/mol. The number of ether oxygens (including phenoxy) is 1. The lowest BCUT2D eigenvalue weighted by molar-refractivity contribution is -0.0767. The first kappa shape index (κ1) is 26.6. The van der Waals surface area contributed by atoms with E-state index in [1.807, 2.05) is 0 Å². The van der Waals surface area contributed by atoms with Gasteiger partial charge in [0, 0.05) is 26.0 Å². The average Bonchev–Trinajstić information content (AvgIpc) is 3.63. The molecule has 0 radical (unpaired) electrons. The molecule has 0 N–H and O–H groups in total. The second-order valence-corrected chi connectivity index (χ2v) is 9.32. The van der Waals surface area contributed by atoms with E-state index in [-0.39, 0.29) is 11.7 Å². The Morgan fingerprint density at radius 1 is 0.897 bits per heavy atom. The van der Waals surface area contributed by atoms with Gasteiger partial charge in [0.15, 0.2) is 29.1 Å². The van der Waals surface area contributed by atoms with Crippen molar-refractivity contribution in [1.29, 1.82) is 0 Å². The van der Waals surface area contributed by atoms with Gasteiger partial charge in [-0.15, -0.1) is 0 Å². The van der Waals surface area contributed by atoms with Crippen molar-refractivity contribution >= 4 is 5.91 Å². The second-order valence-electron chi connectivity index (χ2n) is 9.32. The first-order valence-electron chi connectivity index (χ1n) is 12.3. The first-order chi connectivity index (χ1) is 18.8. The molecule has 202 valence electrons. The molecule has 1 aromatic heterocycles. The third kappa shape index (κ3) is 4.48. The highest BCUT2D eigenvalue weighted by Crippen LogP contribution is 2.45. The molecule has 5 nitrogen and oxygen atoms in total. The number of hydrogen-bond donors (Lipinski definition) is 0. The number of rotatable bonds is 7. The van der Waals surface area contributed by atoms with E-state index in [4.69, 9.17) is 4.74 Å². The Morgan fingerprint density at radius 3 is 1.95 bits per heavy atom. The highest BCUT2D eigenvalue weighted by Gasteiger charge is 2.50. The number of nitrogens with zero attached hydrogens (tertiary/aromatic N) is 3. The van der Waals surface area contributed by atoms with Gasteiger partial charge in [0.25, 0.3) is 5.91 Å². The summed E-state index contributed by atoms with van der Waals surface area (Å²) in [5, 5.41) is 0. The normalized spacial score (nSPS) is 15.6. The molecular formula is C29H24F5N3O2. The van der Waals surface area contributed by atoms with Crippen LogP contribution >= 0.6 is 0 Å². The summed E-state index contributed by atoms with van der Waals surface area (Å²) in [4.78, 5) is 19.5. The van der Waals surface area contributed by atoms with Gasteiger partial charge in [0.05, 0.1) is 18.2 Å². The van der Waals surface area contributed by atoms with Crippen LogP contribution in [0, 0.1) is 29.1 Å². The predicted molar refractivity (Wildman–Crippen MR) is 132 cm³/mol. The lowest BCUT2D eigenvalue weighted by atomic mass is 9.78. The number of carbonyl (C=O) groups excluding carboxylic acids is 1. The molecule has 39 heavy (non-hydrogen) atoms. The molecule has 0 aliphatic carbocycles. The predicted octanol–water partition coefficient (Wildman–Crippen LogP) is 5.88. The van der Waals surface area contributed by atoms with Crippen molar-refractivity contribution < 1.29 is 31.5 Å². The van der Waals surface area contributed by atoms with Crippen LogP contribution in [0.1, 0.15) is 40.2 Å². The summed E-state index contributed by atoms with van der Waals surface area (Å²) in [6.07, 6.45) is 4.17. The van der Waals surface area contributed by atoms with Gasteiger partial charge in [-0.2, -0.15) is 0 Å². The first-order valence-corrected chi connectivity index (χ1v) is 12.3. The topological polar surface area (TPSA) is 47.4 Å². The van der Waals surface area contributed by atoms with Crippen LogP contribution in [0.4, 0.5) is 22.0 Å². The van der Waals surface area contributed by atoms with Gasteiger partial charge >= 0.3 is 0 Å². The lowest BCUT2D eigenvalue weighted by Crippen LogP contribution is -2.52. The minimum Gasteiger partial charge on any atom is -0.358 e. The fourth-order valence-electron chi connectivity index (χ4n) is 5.28. The Hall–Kier alpha value is -4.05. The Balaban J connectivity index is 1.68. The largest absolute Gasteiger partial charge is 0.358 e. The van der Waals surface area contributed by atoms with Gasteiger partial charge in [-0.3, -0.25) is 4.79 Å². The molecule has 1 aliphatic rings. The van der Waals surface area contributed by atoms with Crippen LogP contribution in [0.2, 0.25) is 0 Å². The van der Waals surface area contributed by atoms with Crippen LogP contribution in [0.3, 0.4) is 0 Å². The van der Waals surface area contributed by atoms with Crippen molar-refractivity contribution in [3.8, 4) is 0 Å². The smallest absolute Gasteiger partial charge is 0.290 e. The maximum absolute atomic E-state index is 14.7. The van der Waals surface area contributed by atoms with E-state index in [1.165, 1.54) is 6.20 Å². The van der Waals surface area contributed by atoms with Crippen LogP contribution < -0.4 is 0 Å². The Kier molecular flexibility index (Phi) is 7.22. The van der Waals surface area contributed by atoms with Gasteiger partial charge in [0.1, 0.15) is 5.60 Å². The number of amides is 1. The van der Waals surface area contributed by atoms with Gasteiger partial charge in [-0.05, 0) is 24.0 Å². The van der Waals surface area contributed by atoms with Crippen molar-refractivity contribution in [3.63, 3.8) is 0 Å². The molecule has 3 aromatic carbocycles. The van der Waals surface area contributed by atoms with E-state index in [1.54, 1.807) is 83.4 Å². The molecule has 0 spiro atoms. The summed E-state index contributed by atoms with van der Waals surface area (Å²) in [5.41, 5.74) is -1.53. The van der Waals surface area contributed by atoms with Crippen molar-refractivity contribution in [1.82, 2.24) is 14.5 Å². The van der Waals surface area contributed by atoms with Crippen molar-refractivity contribution in [2.75, 3.05) is 6.54 Å². The molecule has 1 aliphatic heterocycles. The number of benzene rings is 3. The number of carbonyl (C=O) groups is 1. The van der Waals surface area contributed by atoms with Gasteiger partial charge in [-0.1, -0.05) is 60.7 Å². The van der Waals surface area contributed by atoms with Crippen molar-refractivity contribution in [3.05, 3.63) is 125 Å². The second kappa shape index (κ2) is 10.6. The standard InChI is InChI=1S/C29H24F5N3O2/c1-36-16-14-35-27(36)28(38)37-15-8-13-21(37)29(18-9-4-2-5-10-18,19-11-6-3-7-12-19)39-17-20-22(30)24(32)26(34)25(33)23(20)31/h2-7,9-12,14,16,21H,8,13,15,17H2,1H3/t21-/m0/s1. The lowest BCUT2D eigenvalue weighted by Gasteiger charge is -2.44. The van der Waals surface area contributed by atoms with E-state index >= 15 is 0 Å². The molecule has 5 rings (SSSR count). The van der Waals surface area contributed by atoms with E-state index in [0.29, 0.717) is 30.5 Å². The molecule has 1 amide bonds. The van der Waals surface area contributed by atoms with Gasteiger partial charge < -0.3 is 14.2 Å². The quantitative estimate of drug-likeness (QED) is 0.167. The third-order valence-corrected chi connectivity index (χ3v) is 7.15. The minimum atomic E-state index is -2.24. The van der Waals surface area contributed by atoms with Crippen LogP contribution in [-0.2, 0) is 24.0 Å². The summed E-state index contributed by atoms with van der Waals surface area (Å²) in [7, 11) is 1.69. The fraction of sp³-hybridized carbons (Fsp3) is 0.241. The molecule has 0 bridgehead atoms. The van der Waals surface area contributed by atoms with E-state index in [2.05, 4.69) is 4.98 Å². The number of imidazole rings is 1. The van der Waals surface area contributed by atoms with E-state index in [0.717, 1.165) is 0 Å².